The topological polar surface area (TPSA) is 57.0 Å². The van der Waals surface area contributed by atoms with Gasteiger partial charge in [0.1, 0.15) is 12.0 Å². The van der Waals surface area contributed by atoms with Gasteiger partial charge in [0.2, 0.25) is 0 Å². The molecule has 0 spiro atoms. The van der Waals surface area contributed by atoms with Gasteiger partial charge in [0.05, 0.1) is 12.3 Å². The number of rotatable bonds is 1. The molecule has 0 radical (unpaired) electrons. The summed E-state index contributed by atoms with van der Waals surface area (Å²) in [5, 5.41) is 0. The van der Waals surface area contributed by atoms with Crippen molar-refractivity contribution in [3.05, 3.63) is 24.8 Å². The zero-order valence-electron chi connectivity index (χ0n) is 7.67. The first kappa shape index (κ1) is 8.68. The Morgan fingerprint density at radius 1 is 1.50 bits per heavy atom. The fraction of sp³-hybridized carbons (Fsp3) is 0.222. The summed E-state index contributed by atoms with van der Waals surface area (Å²) in [4.78, 5) is 19.3. The van der Waals surface area contributed by atoms with E-state index in [1.165, 1.54) is 10.9 Å². The maximum atomic E-state index is 11.3. The molecule has 72 valence electrons. The van der Waals surface area contributed by atoms with Gasteiger partial charge >= 0.3 is 6.09 Å². The Labute approximate surface area is 80.7 Å². The fourth-order valence-corrected chi connectivity index (χ4v) is 1.15. The average Bonchev–Trinajstić information content (AvgIpc) is 2.64. The maximum absolute atomic E-state index is 11.3. The molecule has 2 aliphatic rings. The Balaban J connectivity index is 2.35. The molecule has 0 N–H and O–H groups in total. The minimum absolute atomic E-state index is 0.358. The Morgan fingerprint density at radius 3 is 3.07 bits per heavy atom. The lowest BCUT2D eigenvalue weighted by atomic mass is 10.3. The van der Waals surface area contributed by atoms with Crippen LogP contribution < -0.4 is 0 Å². The number of aromatic nitrogens is 3. The molecular formula is C9H9N3O2. The molecule has 0 atom stereocenters. The maximum Gasteiger partial charge on any atom is 0.418 e. The summed E-state index contributed by atoms with van der Waals surface area (Å²) >= 11 is 0. The van der Waals surface area contributed by atoms with E-state index in [1.807, 2.05) is 0 Å². The van der Waals surface area contributed by atoms with Gasteiger partial charge < -0.3 is 4.74 Å². The molecule has 0 bridgehead atoms. The van der Waals surface area contributed by atoms with Crippen LogP contribution in [0.4, 0.5) is 4.79 Å². The van der Waals surface area contributed by atoms with Crippen LogP contribution in [0.5, 0.6) is 0 Å². The molecule has 0 aromatic heterocycles. The number of carbonyl (C=O) groups is 1. The van der Waals surface area contributed by atoms with Crippen LogP contribution in [-0.4, -0.2) is 27.2 Å². The summed E-state index contributed by atoms with van der Waals surface area (Å²) in [7, 11) is 0. The van der Waals surface area contributed by atoms with Crippen molar-refractivity contribution in [1.29, 1.82) is 0 Å². The molecular weight excluding hydrogens is 182 g/mol. The van der Waals surface area contributed by atoms with Gasteiger partial charge in [-0.3, -0.25) is 4.57 Å². The molecule has 0 unspecified atom stereocenters. The molecule has 14 heavy (non-hydrogen) atoms. The van der Waals surface area contributed by atoms with Crippen LogP contribution in [0.3, 0.4) is 0 Å². The molecule has 2 heterocycles. The van der Waals surface area contributed by atoms with E-state index in [2.05, 4.69) is 9.97 Å². The third-order valence-electron chi connectivity index (χ3n) is 1.79. The van der Waals surface area contributed by atoms with Gasteiger partial charge in [-0.2, -0.15) is 0 Å². The van der Waals surface area contributed by atoms with E-state index in [1.54, 1.807) is 25.4 Å². The lowest BCUT2D eigenvalue weighted by Gasteiger charge is -2.05. The summed E-state index contributed by atoms with van der Waals surface area (Å²) < 4.78 is 6.18. The van der Waals surface area contributed by atoms with Crippen LogP contribution in [-0.2, 0) is 4.74 Å². The van der Waals surface area contributed by atoms with Crippen LogP contribution in [0.2, 0.25) is 0 Å². The third-order valence-corrected chi connectivity index (χ3v) is 1.79. The van der Waals surface area contributed by atoms with Gasteiger partial charge in [-0.05, 0) is 13.0 Å². The molecule has 5 heteroatoms. The SMILES string of the molecule is CCOC(=O)n1ccc2ncnc-2c1. The Morgan fingerprint density at radius 2 is 2.29 bits per heavy atom. The molecule has 0 aromatic carbocycles. The van der Waals surface area contributed by atoms with E-state index in [0.717, 1.165) is 5.69 Å². The van der Waals surface area contributed by atoms with E-state index in [0.29, 0.717) is 12.3 Å². The number of fused-ring (bicyclic) bond motifs is 1. The quantitative estimate of drug-likeness (QED) is 0.683. The van der Waals surface area contributed by atoms with Crippen molar-refractivity contribution in [2.24, 2.45) is 0 Å². The van der Waals surface area contributed by atoms with Crippen LogP contribution in [0, 0.1) is 0 Å². The standard InChI is InChI=1S/C9H9N3O2/c1-2-14-9(13)12-4-3-7-8(5-12)11-6-10-7/h3-6H,2H2,1H3. The van der Waals surface area contributed by atoms with Gasteiger partial charge in [0.25, 0.3) is 0 Å². The highest BCUT2D eigenvalue weighted by Crippen LogP contribution is 2.14. The molecule has 0 saturated heterocycles. The van der Waals surface area contributed by atoms with Crippen molar-refractivity contribution in [3.63, 3.8) is 0 Å². The van der Waals surface area contributed by atoms with Gasteiger partial charge in [-0.25, -0.2) is 14.8 Å². The van der Waals surface area contributed by atoms with E-state index in [9.17, 15) is 4.79 Å². The zero-order valence-corrected chi connectivity index (χ0v) is 7.67. The van der Waals surface area contributed by atoms with Gasteiger partial charge in [-0.1, -0.05) is 0 Å². The lowest BCUT2D eigenvalue weighted by molar-refractivity contribution is 0.153. The fourth-order valence-electron chi connectivity index (χ4n) is 1.15. The third kappa shape index (κ3) is 1.44. The molecule has 0 aromatic rings. The Bertz CT molecular complexity index is 424. The molecule has 0 fully saturated rings. The second-order valence-corrected chi connectivity index (χ2v) is 2.70. The van der Waals surface area contributed by atoms with Gasteiger partial charge in [0.15, 0.2) is 0 Å². The highest BCUT2D eigenvalue weighted by atomic mass is 16.5. The van der Waals surface area contributed by atoms with Crippen molar-refractivity contribution >= 4 is 6.09 Å². The number of imidazole rings is 1. The van der Waals surface area contributed by atoms with E-state index < -0.39 is 6.09 Å². The second kappa shape index (κ2) is 3.45. The molecule has 0 saturated carbocycles. The first-order valence-electron chi connectivity index (χ1n) is 4.27. The van der Waals surface area contributed by atoms with E-state index in [-0.39, 0.29) is 0 Å². The number of nitrogens with zero attached hydrogens (tertiary/aromatic N) is 3. The van der Waals surface area contributed by atoms with Crippen LogP contribution in [0.15, 0.2) is 24.8 Å². The monoisotopic (exact) mass is 191 g/mol. The molecule has 2 aliphatic heterocycles. The first-order valence-corrected chi connectivity index (χ1v) is 4.27. The summed E-state index contributed by atoms with van der Waals surface area (Å²) in [6, 6.07) is 1.72. The Hall–Kier alpha value is -1.91. The van der Waals surface area contributed by atoms with E-state index in [4.69, 9.17) is 4.74 Å². The average molecular weight is 191 g/mol. The Kier molecular flexibility index (Phi) is 2.14. The molecule has 0 amide bonds. The van der Waals surface area contributed by atoms with Crippen molar-refractivity contribution in [3.8, 4) is 11.4 Å². The number of pyridine rings is 1. The van der Waals surface area contributed by atoms with Gasteiger partial charge in [0, 0.05) is 12.4 Å². The molecule has 5 nitrogen and oxygen atoms in total. The van der Waals surface area contributed by atoms with Crippen molar-refractivity contribution in [2.45, 2.75) is 6.92 Å². The number of carbonyl (C=O) groups excluding carboxylic acids is 1. The molecule has 0 aliphatic carbocycles. The zero-order chi connectivity index (χ0) is 9.97. The summed E-state index contributed by atoms with van der Waals surface area (Å²) in [5.74, 6) is 0. The largest absolute Gasteiger partial charge is 0.449 e. The number of hydrogen-bond donors (Lipinski definition) is 0. The number of hydrogen-bond acceptors (Lipinski definition) is 4. The van der Waals surface area contributed by atoms with E-state index >= 15 is 0 Å². The minimum Gasteiger partial charge on any atom is -0.449 e. The summed E-state index contributed by atoms with van der Waals surface area (Å²) in [6.07, 6.45) is 4.26. The summed E-state index contributed by atoms with van der Waals surface area (Å²) in [5.41, 5.74) is 1.45. The highest BCUT2D eigenvalue weighted by molar-refractivity contribution is 5.72. The van der Waals surface area contributed by atoms with Crippen LogP contribution >= 0.6 is 0 Å². The first-order chi connectivity index (χ1) is 6.81. The number of ether oxygens (including phenoxy) is 1. The highest BCUT2D eigenvalue weighted by Gasteiger charge is 2.09. The van der Waals surface area contributed by atoms with Crippen molar-refractivity contribution < 1.29 is 9.53 Å². The minimum atomic E-state index is -0.405. The molecule has 2 rings (SSSR count). The van der Waals surface area contributed by atoms with Gasteiger partial charge in [-0.15, -0.1) is 0 Å². The summed E-state index contributed by atoms with van der Waals surface area (Å²) in [6.45, 7) is 2.12. The smallest absolute Gasteiger partial charge is 0.418 e. The van der Waals surface area contributed by atoms with Crippen LogP contribution in [0.1, 0.15) is 6.92 Å². The second-order valence-electron chi connectivity index (χ2n) is 2.70. The predicted molar refractivity (Wildman–Crippen MR) is 49.1 cm³/mol. The predicted octanol–water partition coefficient (Wildman–Crippen LogP) is 1.39. The van der Waals surface area contributed by atoms with Crippen molar-refractivity contribution in [2.75, 3.05) is 6.61 Å². The van der Waals surface area contributed by atoms with Crippen molar-refractivity contribution in [1.82, 2.24) is 14.5 Å². The normalized spacial score (nSPS) is 10.4. The lowest BCUT2D eigenvalue weighted by Crippen LogP contribution is -2.13. The van der Waals surface area contributed by atoms with Crippen LogP contribution in [0.25, 0.3) is 11.4 Å².